The minimum atomic E-state index is -3.41. The molecule has 0 bridgehead atoms. The van der Waals surface area contributed by atoms with Gasteiger partial charge in [-0.1, -0.05) is 0 Å². The van der Waals surface area contributed by atoms with Crippen molar-refractivity contribution in [2.75, 3.05) is 66.1 Å². The Morgan fingerprint density at radius 3 is 0.935 bits per heavy atom. The Balaban J connectivity index is 0.932. The molecule has 52 atom stereocenters. The molecular formula is C76H123F2N5O55. The fourth-order valence-corrected chi connectivity index (χ4v) is 17.7. The van der Waals surface area contributed by atoms with Gasteiger partial charge in [0.15, 0.2) is 62.7 Å². The Bertz CT molecular complexity index is 3940. The Labute approximate surface area is 777 Å². The molecule has 0 aliphatic carbocycles. The maximum absolute atomic E-state index is 16.0. The van der Waals surface area contributed by atoms with Crippen LogP contribution >= 0.6 is 0 Å². The van der Waals surface area contributed by atoms with E-state index >= 15 is 8.78 Å². The van der Waals surface area contributed by atoms with Crippen molar-refractivity contribution >= 4 is 41.5 Å². The third-order valence-corrected chi connectivity index (χ3v) is 24.7. The molecule has 60 nitrogen and oxygen atoms in total. The van der Waals surface area contributed by atoms with Crippen molar-refractivity contribution in [2.24, 2.45) is 0 Å². The molecule has 0 aromatic heterocycles. The van der Waals surface area contributed by atoms with Crippen LogP contribution in [0.3, 0.4) is 0 Å². The number of carboxylic acid groups (broad SMARTS) is 2. The zero-order valence-corrected chi connectivity index (χ0v) is 73.7. The van der Waals surface area contributed by atoms with Crippen LogP contribution < -0.4 is 26.6 Å². The summed E-state index contributed by atoms with van der Waals surface area (Å²) in [6.45, 7) is -8.40. The van der Waals surface area contributed by atoms with Crippen molar-refractivity contribution in [2.45, 2.75) is 366 Å². The molecule has 50 unspecified atom stereocenters. The summed E-state index contributed by atoms with van der Waals surface area (Å²) < 4.78 is 144. The van der Waals surface area contributed by atoms with E-state index in [1.54, 1.807) is 0 Å². The number of alkyl halides is 2. The first-order chi connectivity index (χ1) is 65.0. The summed E-state index contributed by atoms with van der Waals surface area (Å²) in [6, 6.07) is -9.92. The second-order valence-corrected chi connectivity index (χ2v) is 34.5. The number of amides is 5. The van der Waals surface area contributed by atoms with Crippen LogP contribution in [0.4, 0.5) is 8.78 Å². The van der Waals surface area contributed by atoms with Crippen LogP contribution in [0.15, 0.2) is 0 Å². The van der Waals surface area contributed by atoms with Gasteiger partial charge in [0.25, 0.3) is 11.6 Å². The number of halogens is 2. The van der Waals surface area contributed by atoms with E-state index in [0.29, 0.717) is 0 Å². The van der Waals surface area contributed by atoms with Crippen molar-refractivity contribution < 1.29 is 280 Å². The molecule has 796 valence electrons. The summed E-state index contributed by atoms with van der Waals surface area (Å²) in [6.07, 6.45) is -108. The van der Waals surface area contributed by atoms with Crippen LogP contribution in [-0.4, -0.2) is 574 Å². The van der Waals surface area contributed by atoms with E-state index in [1.165, 1.54) is 0 Å². The van der Waals surface area contributed by atoms with Gasteiger partial charge in [-0.05, 0) is 0 Å². The lowest BCUT2D eigenvalue weighted by atomic mass is 9.88. The number of hydrogen-bond donors (Lipinski definition) is 34. The van der Waals surface area contributed by atoms with E-state index in [-0.39, 0.29) is 0 Å². The lowest BCUT2D eigenvalue weighted by molar-refractivity contribution is -0.400. The first kappa shape index (κ1) is 114. The van der Waals surface area contributed by atoms with Crippen LogP contribution in [0.5, 0.6) is 0 Å². The zero-order chi connectivity index (χ0) is 102. The van der Waals surface area contributed by atoms with Gasteiger partial charge in [-0.2, -0.15) is 0 Å². The molecule has 10 rings (SSSR count). The van der Waals surface area contributed by atoms with Crippen molar-refractivity contribution in [3.05, 3.63) is 0 Å². The van der Waals surface area contributed by atoms with Crippen molar-refractivity contribution in [1.29, 1.82) is 0 Å². The summed E-state index contributed by atoms with van der Waals surface area (Å²) in [5, 5.41) is 336. The highest BCUT2D eigenvalue weighted by atomic mass is 19.1. The molecule has 5 amide bonds. The van der Waals surface area contributed by atoms with Crippen molar-refractivity contribution in [3.63, 3.8) is 0 Å². The van der Waals surface area contributed by atoms with Crippen LogP contribution in [0, 0.1) is 0 Å². The standard InChI is InChI=1S/C76H123F2N5O55/c1-18(93)79-37-23(98)6-75(73(116)117,135-58(37)35(77)25(100)8-84)137-61-44(104)29(12-88)122-69(53(61)113)130-56-32(15-91)126-66(40(48(56)108)82-21(4)96)133-63-50(110)42(102)27(10-86)124-71(63)120-17-34-46(106)60(52(112)68(128-34)129-55-31(14-90)121-65(115)39(47(55)107)81-20(3)95)132-72-64(51(111)43(103)28(11-87)125-72)134-67-41(83-22(5)97)49(109)57(33(16-92)127-67)131-70-54(114)62(45(105)30(13-89)123-70)138-76(74(118)119)7-24(99)38(80-19(2)94)59(136-76)36(78)26(101)9-85/h23-72,84-92,98-115H,6-17H2,1-5H3,(H,79,93)(H,80,94)(H,81,95)(H,82,96)(H,83,97)(H,116,117)(H,118,119)/t23?,24?,25?,26?,27?,28?,29?,30?,31?,32?,33?,34?,35-,36-,37?,38?,39?,40?,41?,42?,43?,44?,45?,46?,47?,48?,49?,50?,51?,52?,53?,54?,55?,56?,57?,58?,59?,60?,61?,62?,63?,64?,65?,66?,67?,68?,69?,70?,71?,72?,75?,76?/m1/s1. The molecule has 0 aromatic rings. The maximum Gasteiger partial charge on any atom is 0.364 e. The van der Waals surface area contributed by atoms with Gasteiger partial charge in [0.05, 0.1) is 90.4 Å². The van der Waals surface area contributed by atoms with Gasteiger partial charge in [0, 0.05) is 47.5 Å². The molecule has 10 aliphatic heterocycles. The van der Waals surface area contributed by atoms with Gasteiger partial charge in [-0.25, -0.2) is 18.4 Å². The third kappa shape index (κ3) is 25.0. The highest BCUT2D eigenvalue weighted by Gasteiger charge is 2.66. The Hall–Kier alpha value is -5.69. The molecule has 0 saturated carbocycles. The largest absolute Gasteiger partial charge is 0.477 e. The highest BCUT2D eigenvalue weighted by Crippen LogP contribution is 2.45. The smallest absolute Gasteiger partial charge is 0.364 e. The number of aliphatic hydroxyl groups excluding tert-OH is 27. The molecule has 34 N–H and O–H groups in total. The van der Waals surface area contributed by atoms with E-state index in [0.717, 1.165) is 34.6 Å². The lowest BCUT2D eigenvalue weighted by Crippen LogP contribution is -2.71. The minimum Gasteiger partial charge on any atom is -0.477 e. The molecule has 10 fully saturated rings. The van der Waals surface area contributed by atoms with Crippen LogP contribution in [0.25, 0.3) is 0 Å². The highest BCUT2D eigenvalue weighted by molar-refractivity contribution is 5.78. The fourth-order valence-electron chi connectivity index (χ4n) is 17.7. The molecule has 10 aliphatic rings. The van der Waals surface area contributed by atoms with Crippen LogP contribution in [-0.2, 0) is 124 Å². The molecule has 0 radical (unpaired) electrons. The first-order valence-corrected chi connectivity index (χ1v) is 43.3. The lowest BCUT2D eigenvalue weighted by Gasteiger charge is -2.51. The Morgan fingerprint density at radius 1 is 0.312 bits per heavy atom. The molecule has 0 aromatic carbocycles. The van der Waals surface area contributed by atoms with Crippen molar-refractivity contribution in [3.8, 4) is 0 Å². The predicted molar refractivity (Wildman–Crippen MR) is 420 cm³/mol. The Morgan fingerprint density at radius 2 is 0.587 bits per heavy atom. The van der Waals surface area contributed by atoms with E-state index < -0.39 is 438 Å². The second kappa shape index (κ2) is 49.0. The van der Waals surface area contributed by atoms with Crippen molar-refractivity contribution in [1.82, 2.24) is 26.6 Å². The van der Waals surface area contributed by atoms with Crippen LogP contribution in [0.1, 0.15) is 47.5 Å². The van der Waals surface area contributed by atoms with Gasteiger partial charge in [-0.15, -0.1) is 0 Å². The van der Waals surface area contributed by atoms with E-state index in [1.807, 2.05) is 0 Å². The third-order valence-electron chi connectivity index (χ3n) is 24.7. The van der Waals surface area contributed by atoms with Gasteiger partial charge in [-0.3, -0.25) is 24.0 Å². The second-order valence-electron chi connectivity index (χ2n) is 34.5. The van der Waals surface area contributed by atoms with E-state index in [4.69, 9.17) is 90.0 Å². The monoisotopic (exact) mass is 2020 g/mol. The van der Waals surface area contributed by atoms with E-state index in [2.05, 4.69) is 26.6 Å². The first-order valence-electron chi connectivity index (χ1n) is 43.3. The van der Waals surface area contributed by atoms with Gasteiger partial charge < -0.3 is 265 Å². The van der Waals surface area contributed by atoms with Gasteiger partial charge in [0.1, 0.15) is 220 Å². The Kier molecular flexibility index (Phi) is 40.6. The number of aliphatic carboxylic acids is 2. The number of hydrogen-bond acceptors (Lipinski definition) is 53. The number of carboxylic acids is 2. The molecule has 0 spiro atoms. The molecule has 10 saturated heterocycles. The van der Waals surface area contributed by atoms with Gasteiger partial charge in [0.2, 0.25) is 29.5 Å². The number of ether oxygens (including phenoxy) is 19. The summed E-state index contributed by atoms with van der Waals surface area (Å²) >= 11 is 0. The van der Waals surface area contributed by atoms with E-state index in [9.17, 15) is 182 Å². The average molecular weight is 2020 g/mol. The summed E-state index contributed by atoms with van der Waals surface area (Å²) in [5.74, 6) is -16.2. The maximum atomic E-state index is 16.0. The fraction of sp³-hybridized carbons (Fsp3) is 0.908. The van der Waals surface area contributed by atoms with Crippen LogP contribution in [0.2, 0.25) is 0 Å². The molecule has 10 heterocycles. The van der Waals surface area contributed by atoms with Gasteiger partial charge >= 0.3 is 11.9 Å². The predicted octanol–water partition coefficient (Wildman–Crippen LogP) is -21.7. The minimum absolute atomic E-state index is 0.836. The summed E-state index contributed by atoms with van der Waals surface area (Å²) in [5.41, 5.74) is 0. The molecular weight excluding hydrogens is 1900 g/mol. The summed E-state index contributed by atoms with van der Waals surface area (Å²) in [7, 11) is 0. The number of rotatable bonds is 39. The number of nitrogens with one attached hydrogen (secondary N) is 5. The zero-order valence-electron chi connectivity index (χ0n) is 73.7. The quantitative estimate of drug-likeness (QED) is 0.0272. The SMILES string of the molecule is CC(=O)NC1C(O)OC(CO)C(OC2OC(COC3OC(CO)C(O)C(O)C3OC3OC(CO)C(OC4OC(CO)C(O)C(OC5(C(=O)O)CC(O)C(NC(C)=O)C([C@H](F)C(O)CO)O5)C4O)C(O)C3NC(C)=O)C(O)C(OC3OC(CO)C(O)C(O)C3OC3OC(CO)C(OC4OC(CO)C(O)C(OC5(C(=O)O)CC(O)C(NC(C)=O)C([C@H](F)C(O)CO)O5)C4O)C(O)C3NC(C)=O)C2O)C1O. The summed E-state index contributed by atoms with van der Waals surface area (Å²) in [4.78, 5) is 89.8. The average Bonchev–Trinajstić information content (AvgIpc) is 0.752. The number of carbonyl (C=O) groups excluding carboxylic acids is 5. The number of aliphatic hydroxyl groups is 27. The molecule has 138 heavy (non-hydrogen) atoms. The molecule has 62 heteroatoms. The topological polar surface area (TPSA) is 942 Å². The number of carbonyl (C=O) groups is 7. The normalized spacial score (nSPS) is 46.2.